The zero-order valence-corrected chi connectivity index (χ0v) is 11.3. The van der Waals surface area contributed by atoms with Crippen molar-refractivity contribution in [3.63, 3.8) is 0 Å². The molecule has 3 heteroatoms. The van der Waals surface area contributed by atoms with Crippen LogP contribution in [0, 0.1) is 0 Å². The van der Waals surface area contributed by atoms with Crippen LogP contribution < -0.4 is 10.1 Å². The molecule has 0 unspecified atom stereocenters. The Bertz CT molecular complexity index is 518. The van der Waals surface area contributed by atoms with Crippen LogP contribution in [-0.4, -0.2) is 17.3 Å². The first-order valence-corrected chi connectivity index (χ1v) is 6.33. The monoisotopic (exact) mass is 257 g/mol. The van der Waals surface area contributed by atoms with Gasteiger partial charge in [-0.25, -0.2) is 0 Å². The molecule has 2 rings (SSSR count). The predicted molar refractivity (Wildman–Crippen MR) is 77.7 cm³/mol. The summed E-state index contributed by atoms with van der Waals surface area (Å²) in [4.78, 5) is 0. The van der Waals surface area contributed by atoms with E-state index < -0.39 is 5.60 Å². The zero-order chi connectivity index (χ0) is 13.7. The van der Waals surface area contributed by atoms with E-state index in [0.29, 0.717) is 6.54 Å². The molecule has 0 fully saturated rings. The number of hydrogen-bond donors (Lipinski definition) is 2. The Hall–Kier alpha value is -2.00. The zero-order valence-electron chi connectivity index (χ0n) is 11.3. The molecule has 0 aliphatic carbocycles. The van der Waals surface area contributed by atoms with E-state index in [9.17, 15) is 5.11 Å². The van der Waals surface area contributed by atoms with E-state index in [2.05, 4.69) is 5.32 Å². The highest BCUT2D eigenvalue weighted by Gasteiger charge is 2.13. The first-order chi connectivity index (χ1) is 9.04. The lowest BCUT2D eigenvalue weighted by atomic mass is 10.1. The van der Waals surface area contributed by atoms with Gasteiger partial charge >= 0.3 is 0 Å². The minimum atomic E-state index is -0.764. The van der Waals surface area contributed by atoms with Crippen molar-refractivity contribution in [3.05, 3.63) is 54.6 Å². The molecule has 19 heavy (non-hydrogen) atoms. The van der Waals surface area contributed by atoms with Gasteiger partial charge in [-0.05, 0) is 38.1 Å². The van der Waals surface area contributed by atoms with Gasteiger partial charge in [0, 0.05) is 6.54 Å². The van der Waals surface area contributed by atoms with Gasteiger partial charge in [-0.1, -0.05) is 30.3 Å². The summed E-state index contributed by atoms with van der Waals surface area (Å²) in [6.07, 6.45) is 0. The van der Waals surface area contributed by atoms with Gasteiger partial charge in [-0.2, -0.15) is 0 Å². The molecule has 2 aromatic carbocycles. The van der Waals surface area contributed by atoms with Crippen LogP contribution >= 0.6 is 0 Å². The lowest BCUT2D eigenvalue weighted by Crippen LogP contribution is -2.29. The second kappa shape index (κ2) is 5.76. The Morgan fingerprint density at radius 2 is 1.63 bits per heavy atom. The minimum absolute atomic E-state index is 0.460. The summed E-state index contributed by atoms with van der Waals surface area (Å²) in [7, 11) is 0. The van der Waals surface area contributed by atoms with E-state index in [1.807, 2.05) is 54.6 Å². The van der Waals surface area contributed by atoms with Crippen molar-refractivity contribution in [2.24, 2.45) is 0 Å². The lowest BCUT2D eigenvalue weighted by Gasteiger charge is -2.20. The molecule has 0 spiro atoms. The molecule has 0 radical (unpaired) electrons. The topological polar surface area (TPSA) is 41.5 Å². The van der Waals surface area contributed by atoms with E-state index in [1.54, 1.807) is 13.8 Å². The summed E-state index contributed by atoms with van der Waals surface area (Å²) in [5.74, 6) is 1.54. The largest absolute Gasteiger partial charge is 0.455 e. The number of nitrogens with one attached hydrogen (secondary N) is 1. The maximum absolute atomic E-state index is 9.76. The standard InChI is InChI=1S/C16H19NO2/c1-16(2,18)12-17-14-10-6-7-11-15(14)19-13-8-4-3-5-9-13/h3-11,17-18H,12H2,1-2H3. The van der Waals surface area contributed by atoms with Gasteiger partial charge in [-0.15, -0.1) is 0 Å². The third-order valence-corrected chi connectivity index (χ3v) is 2.57. The molecule has 100 valence electrons. The van der Waals surface area contributed by atoms with Gasteiger partial charge in [0.1, 0.15) is 5.75 Å². The first kappa shape index (κ1) is 13.4. The van der Waals surface area contributed by atoms with Crippen LogP contribution in [0.4, 0.5) is 5.69 Å². The molecule has 0 saturated carbocycles. The van der Waals surface area contributed by atoms with E-state index in [4.69, 9.17) is 4.74 Å². The molecule has 0 heterocycles. The smallest absolute Gasteiger partial charge is 0.150 e. The van der Waals surface area contributed by atoms with Crippen LogP contribution in [0.5, 0.6) is 11.5 Å². The lowest BCUT2D eigenvalue weighted by molar-refractivity contribution is 0.0945. The van der Waals surface area contributed by atoms with Gasteiger partial charge in [0.2, 0.25) is 0 Å². The van der Waals surface area contributed by atoms with Crippen molar-refractivity contribution < 1.29 is 9.84 Å². The minimum Gasteiger partial charge on any atom is -0.455 e. The van der Waals surface area contributed by atoms with Crippen molar-refractivity contribution in [2.45, 2.75) is 19.4 Å². The average Bonchev–Trinajstić information content (AvgIpc) is 2.38. The highest BCUT2D eigenvalue weighted by Crippen LogP contribution is 2.29. The fourth-order valence-corrected chi connectivity index (χ4v) is 1.63. The fourth-order valence-electron chi connectivity index (χ4n) is 1.63. The van der Waals surface area contributed by atoms with Crippen LogP contribution in [0.2, 0.25) is 0 Å². The SMILES string of the molecule is CC(C)(O)CNc1ccccc1Oc1ccccc1. The van der Waals surface area contributed by atoms with Crippen LogP contribution in [0.1, 0.15) is 13.8 Å². The second-order valence-corrected chi connectivity index (χ2v) is 5.08. The van der Waals surface area contributed by atoms with Crippen molar-refractivity contribution in [1.29, 1.82) is 0 Å². The van der Waals surface area contributed by atoms with Crippen molar-refractivity contribution in [1.82, 2.24) is 0 Å². The van der Waals surface area contributed by atoms with Gasteiger partial charge < -0.3 is 15.2 Å². The molecule has 0 saturated heterocycles. The van der Waals surface area contributed by atoms with E-state index in [1.165, 1.54) is 0 Å². The normalized spacial score (nSPS) is 11.1. The number of para-hydroxylation sites is 3. The maximum Gasteiger partial charge on any atom is 0.150 e. The Labute approximate surface area is 113 Å². The van der Waals surface area contributed by atoms with E-state index in [0.717, 1.165) is 17.2 Å². The third kappa shape index (κ3) is 4.30. The Kier molecular flexibility index (Phi) is 4.07. The average molecular weight is 257 g/mol. The van der Waals surface area contributed by atoms with Crippen molar-refractivity contribution in [3.8, 4) is 11.5 Å². The molecule has 0 aromatic heterocycles. The predicted octanol–water partition coefficient (Wildman–Crippen LogP) is 3.66. The van der Waals surface area contributed by atoms with E-state index >= 15 is 0 Å². The summed E-state index contributed by atoms with van der Waals surface area (Å²) in [5.41, 5.74) is 0.105. The molecule has 2 aromatic rings. The van der Waals surface area contributed by atoms with Crippen molar-refractivity contribution in [2.75, 3.05) is 11.9 Å². The number of rotatable bonds is 5. The number of hydrogen-bond acceptors (Lipinski definition) is 3. The molecule has 2 N–H and O–H groups in total. The molecule has 0 atom stereocenters. The van der Waals surface area contributed by atoms with Crippen molar-refractivity contribution >= 4 is 5.69 Å². The number of aliphatic hydroxyl groups is 1. The summed E-state index contributed by atoms with van der Waals surface area (Å²) in [5, 5.41) is 13.0. The van der Waals surface area contributed by atoms with Crippen LogP contribution in [0.25, 0.3) is 0 Å². The number of anilines is 1. The molecular weight excluding hydrogens is 238 g/mol. The summed E-state index contributed by atoms with van der Waals surface area (Å²) in [6, 6.07) is 17.3. The summed E-state index contributed by atoms with van der Waals surface area (Å²) >= 11 is 0. The molecule has 0 bridgehead atoms. The molecular formula is C16H19NO2. The third-order valence-electron chi connectivity index (χ3n) is 2.57. The van der Waals surface area contributed by atoms with Gasteiger partial charge in [-0.3, -0.25) is 0 Å². The number of ether oxygens (including phenoxy) is 1. The van der Waals surface area contributed by atoms with Gasteiger partial charge in [0.15, 0.2) is 5.75 Å². The summed E-state index contributed by atoms with van der Waals surface area (Å²) in [6.45, 7) is 3.99. The summed E-state index contributed by atoms with van der Waals surface area (Å²) < 4.78 is 5.83. The van der Waals surface area contributed by atoms with Crippen LogP contribution in [0.3, 0.4) is 0 Å². The number of benzene rings is 2. The quantitative estimate of drug-likeness (QED) is 0.859. The van der Waals surface area contributed by atoms with Crippen LogP contribution in [-0.2, 0) is 0 Å². The molecule has 0 aliphatic rings. The second-order valence-electron chi connectivity index (χ2n) is 5.08. The van der Waals surface area contributed by atoms with Gasteiger partial charge in [0.05, 0.1) is 11.3 Å². The molecule has 0 amide bonds. The van der Waals surface area contributed by atoms with Crippen LogP contribution in [0.15, 0.2) is 54.6 Å². The van der Waals surface area contributed by atoms with E-state index in [-0.39, 0.29) is 0 Å². The Morgan fingerprint density at radius 1 is 1.00 bits per heavy atom. The first-order valence-electron chi connectivity index (χ1n) is 6.33. The fraction of sp³-hybridized carbons (Fsp3) is 0.250. The highest BCUT2D eigenvalue weighted by molar-refractivity contribution is 5.57. The molecule has 3 nitrogen and oxygen atoms in total. The molecule has 0 aliphatic heterocycles. The Morgan fingerprint density at radius 3 is 2.32 bits per heavy atom. The highest BCUT2D eigenvalue weighted by atomic mass is 16.5. The Balaban J connectivity index is 2.12. The van der Waals surface area contributed by atoms with Gasteiger partial charge in [0.25, 0.3) is 0 Å². The maximum atomic E-state index is 9.76.